The van der Waals surface area contributed by atoms with E-state index in [9.17, 15) is 4.79 Å². The molecule has 25 heavy (non-hydrogen) atoms. The molecular formula is C18H29N5O2. The van der Waals surface area contributed by atoms with Gasteiger partial charge < -0.3 is 15.0 Å². The lowest BCUT2D eigenvalue weighted by Crippen LogP contribution is -2.50. The Bertz CT molecular complexity index is 546. The molecule has 0 bridgehead atoms. The summed E-state index contributed by atoms with van der Waals surface area (Å²) >= 11 is 0. The van der Waals surface area contributed by atoms with Crippen molar-refractivity contribution in [1.82, 2.24) is 25.1 Å². The van der Waals surface area contributed by atoms with Crippen molar-refractivity contribution in [3.63, 3.8) is 0 Å². The van der Waals surface area contributed by atoms with E-state index in [1.165, 1.54) is 12.8 Å². The molecule has 1 aromatic heterocycles. The van der Waals surface area contributed by atoms with E-state index >= 15 is 0 Å². The Hall–Kier alpha value is -1.89. The molecule has 1 unspecified atom stereocenters. The Morgan fingerprint density at radius 2 is 1.96 bits per heavy atom. The van der Waals surface area contributed by atoms with Crippen LogP contribution in [0.2, 0.25) is 0 Å². The standard InChI is InChI=1S/C18H29N5O2/c1-14(2)23-10-3-5-15(23)13-21-18(24)22-11-6-16(7-12-22)25-17-19-8-4-9-20-17/h4,8-9,14-16H,3,5-7,10-13H2,1-2H3,(H,21,24). The van der Waals surface area contributed by atoms with Crippen molar-refractivity contribution in [3.8, 4) is 6.01 Å². The van der Waals surface area contributed by atoms with Gasteiger partial charge in [-0.1, -0.05) is 0 Å². The molecule has 0 aliphatic carbocycles. The largest absolute Gasteiger partial charge is 0.460 e. The molecule has 0 saturated carbocycles. The molecule has 3 heterocycles. The minimum atomic E-state index is 0.0463. The molecule has 2 amide bonds. The summed E-state index contributed by atoms with van der Waals surface area (Å²) in [5.74, 6) is 0. The van der Waals surface area contributed by atoms with Crippen LogP contribution in [0.15, 0.2) is 18.5 Å². The first-order valence-electron chi connectivity index (χ1n) is 9.35. The summed E-state index contributed by atoms with van der Waals surface area (Å²) in [6.07, 6.45) is 7.45. The van der Waals surface area contributed by atoms with Gasteiger partial charge in [0.1, 0.15) is 6.10 Å². The molecule has 7 heteroatoms. The molecule has 0 radical (unpaired) electrons. The topological polar surface area (TPSA) is 70.6 Å². The third-order valence-electron chi connectivity index (χ3n) is 5.12. The van der Waals surface area contributed by atoms with Crippen LogP contribution in [0.1, 0.15) is 39.5 Å². The number of carbonyl (C=O) groups is 1. The predicted octanol–water partition coefficient (Wildman–Crippen LogP) is 1.90. The zero-order chi connectivity index (χ0) is 17.6. The molecule has 2 fully saturated rings. The third kappa shape index (κ3) is 4.81. The van der Waals surface area contributed by atoms with E-state index in [0.717, 1.165) is 25.9 Å². The number of nitrogens with zero attached hydrogens (tertiary/aromatic N) is 4. The minimum Gasteiger partial charge on any atom is -0.460 e. The molecular weight excluding hydrogens is 318 g/mol. The minimum absolute atomic E-state index is 0.0463. The summed E-state index contributed by atoms with van der Waals surface area (Å²) in [6.45, 7) is 7.75. The fourth-order valence-electron chi connectivity index (χ4n) is 3.75. The van der Waals surface area contributed by atoms with Crippen molar-refractivity contribution in [3.05, 3.63) is 18.5 Å². The van der Waals surface area contributed by atoms with Crippen LogP contribution in [0.25, 0.3) is 0 Å². The van der Waals surface area contributed by atoms with Crippen molar-refractivity contribution in [1.29, 1.82) is 0 Å². The maximum absolute atomic E-state index is 12.4. The molecule has 0 spiro atoms. The first-order valence-corrected chi connectivity index (χ1v) is 9.35. The van der Waals surface area contributed by atoms with E-state index < -0.39 is 0 Å². The highest BCUT2D eigenvalue weighted by Crippen LogP contribution is 2.20. The van der Waals surface area contributed by atoms with Gasteiger partial charge in [-0.25, -0.2) is 14.8 Å². The number of nitrogens with one attached hydrogen (secondary N) is 1. The smallest absolute Gasteiger partial charge is 0.317 e. The van der Waals surface area contributed by atoms with Crippen LogP contribution in [0, 0.1) is 0 Å². The van der Waals surface area contributed by atoms with E-state index in [1.54, 1.807) is 18.5 Å². The van der Waals surface area contributed by atoms with Crippen LogP contribution in [-0.4, -0.2) is 70.2 Å². The summed E-state index contributed by atoms with van der Waals surface area (Å²) in [5, 5.41) is 3.12. The lowest BCUT2D eigenvalue weighted by molar-refractivity contribution is 0.102. The van der Waals surface area contributed by atoms with Gasteiger partial charge in [0.25, 0.3) is 0 Å². The second kappa shape index (κ2) is 8.47. The van der Waals surface area contributed by atoms with Crippen molar-refractivity contribution < 1.29 is 9.53 Å². The molecule has 2 saturated heterocycles. The number of rotatable bonds is 5. The van der Waals surface area contributed by atoms with Crippen LogP contribution in [-0.2, 0) is 0 Å². The SMILES string of the molecule is CC(C)N1CCCC1CNC(=O)N1CCC(Oc2ncccn2)CC1. The maximum Gasteiger partial charge on any atom is 0.317 e. The van der Waals surface area contributed by atoms with Gasteiger partial charge in [-0.2, -0.15) is 0 Å². The Balaban J connectivity index is 1.39. The van der Waals surface area contributed by atoms with Crippen molar-refractivity contribution in [2.24, 2.45) is 0 Å². The molecule has 138 valence electrons. The lowest BCUT2D eigenvalue weighted by Gasteiger charge is -2.33. The van der Waals surface area contributed by atoms with Crippen molar-refractivity contribution in [2.45, 2.75) is 57.7 Å². The van der Waals surface area contributed by atoms with E-state index in [2.05, 4.69) is 34.0 Å². The number of hydrogen-bond donors (Lipinski definition) is 1. The highest BCUT2D eigenvalue weighted by molar-refractivity contribution is 5.74. The zero-order valence-electron chi connectivity index (χ0n) is 15.2. The molecule has 1 atom stereocenters. The molecule has 2 aliphatic rings. The number of amides is 2. The normalized spacial score (nSPS) is 22.4. The molecule has 0 aromatic carbocycles. The maximum atomic E-state index is 12.4. The highest BCUT2D eigenvalue weighted by Gasteiger charge is 2.28. The van der Waals surface area contributed by atoms with Gasteiger partial charge in [-0.05, 0) is 39.3 Å². The summed E-state index contributed by atoms with van der Waals surface area (Å²) in [6, 6.07) is 3.24. The second-order valence-corrected chi connectivity index (χ2v) is 7.15. The number of ether oxygens (including phenoxy) is 1. The first kappa shape index (κ1) is 17.9. The van der Waals surface area contributed by atoms with Crippen LogP contribution < -0.4 is 10.1 Å². The number of likely N-dealkylation sites (tertiary alicyclic amines) is 2. The van der Waals surface area contributed by atoms with Gasteiger partial charge >= 0.3 is 12.0 Å². The van der Waals surface area contributed by atoms with Gasteiger partial charge in [0, 0.05) is 57.0 Å². The Labute approximate surface area is 149 Å². The number of hydrogen-bond acceptors (Lipinski definition) is 5. The summed E-state index contributed by atoms with van der Waals surface area (Å²) in [5.41, 5.74) is 0. The lowest BCUT2D eigenvalue weighted by atomic mass is 10.1. The zero-order valence-corrected chi connectivity index (χ0v) is 15.2. The van der Waals surface area contributed by atoms with Gasteiger partial charge in [-0.15, -0.1) is 0 Å². The number of carbonyl (C=O) groups excluding carboxylic acids is 1. The fourth-order valence-corrected chi connectivity index (χ4v) is 3.75. The molecule has 1 aromatic rings. The summed E-state index contributed by atoms with van der Waals surface area (Å²) in [4.78, 5) is 25.0. The van der Waals surface area contributed by atoms with Crippen LogP contribution in [0.5, 0.6) is 6.01 Å². The summed E-state index contributed by atoms with van der Waals surface area (Å²) < 4.78 is 5.78. The summed E-state index contributed by atoms with van der Waals surface area (Å²) in [7, 11) is 0. The number of urea groups is 1. The number of piperidine rings is 1. The van der Waals surface area contributed by atoms with E-state index in [0.29, 0.717) is 31.2 Å². The van der Waals surface area contributed by atoms with Gasteiger partial charge in [0.15, 0.2) is 0 Å². The predicted molar refractivity (Wildman–Crippen MR) is 95.5 cm³/mol. The van der Waals surface area contributed by atoms with Gasteiger partial charge in [0.05, 0.1) is 0 Å². The average Bonchev–Trinajstić information content (AvgIpc) is 3.10. The van der Waals surface area contributed by atoms with Gasteiger partial charge in [-0.3, -0.25) is 4.90 Å². The Morgan fingerprint density at radius 3 is 2.64 bits per heavy atom. The van der Waals surface area contributed by atoms with Crippen molar-refractivity contribution >= 4 is 6.03 Å². The molecule has 7 nitrogen and oxygen atoms in total. The van der Waals surface area contributed by atoms with Gasteiger partial charge in [0.2, 0.25) is 0 Å². The number of aromatic nitrogens is 2. The van der Waals surface area contributed by atoms with Crippen LogP contribution >= 0.6 is 0 Å². The Kier molecular flexibility index (Phi) is 6.07. The fraction of sp³-hybridized carbons (Fsp3) is 0.722. The molecule has 2 aliphatic heterocycles. The molecule has 1 N–H and O–H groups in total. The van der Waals surface area contributed by atoms with E-state index in [1.807, 2.05) is 4.90 Å². The quantitative estimate of drug-likeness (QED) is 0.881. The Morgan fingerprint density at radius 1 is 1.24 bits per heavy atom. The van der Waals surface area contributed by atoms with Crippen LogP contribution in [0.4, 0.5) is 4.79 Å². The molecule has 3 rings (SSSR count). The second-order valence-electron chi connectivity index (χ2n) is 7.15. The first-order chi connectivity index (χ1) is 12.1. The third-order valence-corrected chi connectivity index (χ3v) is 5.12. The monoisotopic (exact) mass is 347 g/mol. The average molecular weight is 347 g/mol. The van der Waals surface area contributed by atoms with E-state index in [4.69, 9.17) is 4.74 Å². The highest BCUT2D eigenvalue weighted by atomic mass is 16.5. The van der Waals surface area contributed by atoms with E-state index in [-0.39, 0.29) is 12.1 Å². The van der Waals surface area contributed by atoms with Crippen molar-refractivity contribution in [2.75, 3.05) is 26.2 Å². The van der Waals surface area contributed by atoms with Crippen LogP contribution in [0.3, 0.4) is 0 Å².